The van der Waals surface area contributed by atoms with Gasteiger partial charge in [-0.1, -0.05) is 6.07 Å². The summed E-state index contributed by atoms with van der Waals surface area (Å²) in [4.78, 5) is 0. The molecule has 2 atom stereocenters. The van der Waals surface area contributed by atoms with Crippen LogP contribution in [0.25, 0.3) is 11.4 Å². The zero-order chi connectivity index (χ0) is 14.1. The second-order valence-corrected chi connectivity index (χ2v) is 4.81. The average molecular weight is 275 g/mol. The van der Waals surface area contributed by atoms with Gasteiger partial charge in [-0.2, -0.15) is 0 Å². The van der Waals surface area contributed by atoms with E-state index in [0.29, 0.717) is 17.3 Å². The van der Waals surface area contributed by atoms with Crippen molar-refractivity contribution >= 4 is 5.69 Å². The molecule has 0 bridgehead atoms. The van der Waals surface area contributed by atoms with Gasteiger partial charge >= 0.3 is 0 Å². The third-order valence-corrected chi connectivity index (χ3v) is 3.63. The molecule has 0 spiro atoms. The number of anilines is 1. The summed E-state index contributed by atoms with van der Waals surface area (Å²) in [7, 11) is 1.59. The van der Waals surface area contributed by atoms with E-state index in [1.165, 1.54) is 0 Å². The number of hydrogen-bond acceptors (Lipinski definition) is 6. The van der Waals surface area contributed by atoms with Gasteiger partial charge in [0, 0.05) is 6.61 Å². The van der Waals surface area contributed by atoms with Gasteiger partial charge in [-0.3, -0.25) is 0 Å². The van der Waals surface area contributed by atoms with Gasteiger partial charge in [-0.25, -0.2) is 4.68 Å². The van der Waals surface area contributed by atoms with Gasteiger partial charge in [-0.15, -0.1) is 5.10 Å². The first-order valence-corrected chi connectivity index (χ1v) is 6.54. The van der Waals surface area contributed by atoms with Crippen LogP contribution in [0.15, 0.2) is 18.2 Å². The quantitative estimate of drug-likeness (QED) is 0.849. The van der Waals surface area contributed by atoms with Crippen LogP contribution in [-0.2, 0) is 4.74 Å². The van der Waals surface area contributed by atoms with E-state index in [9.17, 15) is 0 Å². The zero-order valence-electron chi connectivity index (χ0n) is 11.5. The average Bonchev–Trinajstić information content (AvgIpc) is 3.06. The molecule has 7 nitrogen and oxygen atoms in total. The van der Waals surface area contributed by atoms with Crippen LogP contribution in [0.2, 0.25) is 0 Å². The Morgan fingerprint density at radius 1 is 1.45 bits per heavy atom. The van der Waals surface area contributed by atoms with Crippen molar-refractivity contribution < 1.29 is 9.47 Å². The van der Waals surface area contributed by atoms with Crippen molar-refractivity contribution in [3.63, 3.8) is 0 Å². The normalized spacial score (nSPS) is 22.1. The van der Waals surface area contributed by atoms with E-state index in [1.807, 2.05) is 19.1 Å². The van der Waals surface area contributed by atoms with Gasteiger partial charge in [0.25, 0.3) is 0 Å². The third-order valence-electron chi connectivity index (χ3n) is 3.63. The molecule has 0 saturated carbocycles. The molecule has 1 aromatic heterocycles. The van der Waals surface area contributed by atoms with E-state index >= 15 is 0 Å². The number of methoxy groups -OCH3 is 1. The molecule has 7 heteroatoms. The summed E-state index contributed by atoms with van der Waals surface area (Å²) in [5, 5.41) is 12.0. The smallest absolute Gasteiger partial charge is 0.186 e. The molecule has 2 unspecified atom stereocenters. The molecule has 2 aromatic rings. The highest BCUT2D eigenvalue weighted by atomic mass is 16.5. The number of nitrogens with two attached hydrogens (primary N) is 1. The maximum Gasteiger partial charge on any atom is 0.186 e. The summed E-state index contributed by atoms with van der Waals surface area (Å²) in [5.41, 5.74) is 7.29. The van der Waals surface area contributed by atoms with Gasteiger partial charge in [0.15, 0.2) is 11.6 Å². The third kappa shape index (κ3) is 2.00. The molecule has 1 aliphatic heterocycles. The van der Waals surface area contributed by atoms with Crippen LogP contribution in [0.4, 0.5) is 5.69 Å². The summed E-state index contributed by atoms with van der Waals surface area (Å²) < 4.78 is 12.8. The SMILES string of the molecule is COc1c(N)cccc1-c1nnnn1C1CCOC1C. The van der Waals surface area contributed by atoms with Crippen LogP contribution in [0.5, 0.6) is 5.75 Å². The van der Waals surface area contributed by atoms with Crippen molar-refractivity contribution in [2.24, 2.45) is 0 Å². The molecule has 1 fully saturated rings. The first-order valence-electron chi connectivity index (χ1n) is 6.54. The van der Waals surface area contributed by atoms with E-state index < -0.39 is 0 Å². The van der Waals surface area contributed by atoms with E-state index in [-0.39, 0.29) is 12.1 Å². The minimum Gasteiger partial charge on any atom is -0.494 e. The summed E-state index contributed by atoms with van der Waals surface area (Å²) in [6, 6.07) is 5.68. The molecule has 1 aliphatic rings. The van der Waals surface area contributed by atoms with Gasteiger partial charge in [0.1, 0.15) is 0 Å². The Kier molecular flexibility index (Phi) is 3.27. The van der Waals surface area contributed by atoms with E-state index in [0.717, 1.165) is 18.6 Å². The molecule has 2 N–H and O–H groups in total. The Bertz CT molecular complexity index is 613. The monoisotopic (exact) mass is 275 g/mol. The molecule has 1 saturated heterocycles. The fraction of sp³-hybridized carbons (Fsp3) is 0.462. The number of rotatable bonds is 3. The van der Waals surface area contributed by atoms with Crippen molar-refractivity contribution in [1.29, 1.82) is 0 Å². The van der Waals surface area contributed by atoms with Crippen molar-refractivity contribution in [1.82, 2.24) is 20.2 Å². The number of benzene rings is 1. The number of nitrogen functional groups attached to an aromatic ring is 1. The van der Waals surface area contributed by atoms with Crippen molar-refractivity contribution in [3.8, 4) is 17.1 Å². The number of para-hydroxylation sites is 1. The van der Waals surface area contributed by atoms with Crippen molar-refractivity contribution in [2.75, 3.05) is 19.5 Å². The summed E-state index contributed by atoms with van der Waals surface area (Å²) >= 11 is 0. The summed E-state index contributed by atoms with van der Waals surface area (Å²) in [5.74, 6) is 1.24. The Morgan fingerprint density at radius 3 is 3.00 bits per heavy atom. The van der Waals surface area contributed by atoms with Gasteiger partial charge in [0.05, 0.1) is 30.5 Å². The molecule has 1 aromatic carbocycles. The van der Waals surface area contributed by atoms with Crippen molar-refractivity contribution in [3.05, 3.63) is 18.2 Å². The molecular weight excluding hydrogens is 258 g/mol. The van der Waals surface area contributed by atoms with E-state index in [2.05, 4.69) is 15.5 Å². The van der Waals surface area contributed by atoms with E-state index in [1.54, 1.807) is 17.9 Å². The van der Waals surface area contributed by atoms with Crippen LogP contribution < -0.4 is 10.5 Å². The van der Waals surface area contributed by atoms with Crippen LogP contribution >= 0.6 is 0 Å². The first kappa shape index (κ1) is 12.9. The van der Waals surface area contributed by atoms with Crippen molar-refractivity contribution in [2.45, 2.75) is 25.5 Å². The maximum absolute atomic E-state index is 5.94. The number of ether oxygens (including phenoxy) is 2. The number of hydrogen-bond donors (Lipinski definition) is 1. The van der Waals surface area contributed by atoms with Gasteiger partial charge < -0.3 is 15.2 Å². The van der Waals surface area contributed by atoms with Crippen LogP contribution in [0.1, 0.15) is 19.4 Å². The van der Waals surface area contributed by atoms with Gasteiger partial charge in [0.2, 0.25) is 0 Å². The fourth-order valence-electron chi connectivity index (χ4n) is 2.59. The number of aromatic nitrogens is 4. The highest BCUT2D eigenvalue weighted by Crippen LogP contribution is 2.36. The number of tetrazole rings is 1. The molecule has 2 heterocycles. The molecule has 0 radical (unpaired) electrons. The van der Waals surface area contributed by atoms with Crippen LogP contribution in [0.3, 0.4) is 0 Å². The molecule has 0 aliphatic carbocycles. The number of nitrogens with zero attached hydrogens (tertiary/aromatic N) is 4. The molecule has 106 valence electrons. The standard InChI is InChI=1S/C13H17N5O2/c1-8-11(6-7-20-8)18-13(15-16-17-18)9-4-3-5-10(14)12(9)19-2/h3-5,8,11H,6-7,14H2,1-2H3. The second-order valence-electron chi connectivity index (χ2n) is 4.81. The fourth-order valence-corrected chi connectivity index (χ4v) is 2.59. The molecule has 3 rings (SSSR count). The Hall–Kier alpha value is -2.15. The van der Waals surface area contributed by atoms with Crippen LogP contribution in [0, 0.1) is 0 Å². The highest BCUT2D eigenvalue weighted by molar-refractivity contribution is 5.73. The Balaban J connectivity index is 2.08. The Morgan fingerprint density at radius 2 is 2.30 bits per heavy atom. The predicted octanol–water partition coefficient (Wildman–Crippen LogP) is 1.28. The largest absolute Gasteiger partial charge is 0.494 e. The van der Waals surface area contributed by atoms with Crippen LogP contribution in [-0.4, -0.2) is 40.0 Å². The minimum atomic E-state index is 0.0873. The summed E-state index contributed by atoms with van der Waals surface area (Å²) in [6.45, 7) is 2.75. The highest BCUT2D eigenvalue weighted by Gasteiger charge is 2.30. The molecule has 0 amide bonds. The molecular formula is C13H17N5O2. The predicted molar refractivity (Wildman–Crippen MR) is 73.3 cm³/mol. The zero-order valence-corrected chi connectivity index (χ0v) is 11.5. The van der Waals surface area contributed by atoms with Gasteiger partial charge in [-0.05, 0) is 35.9 Å². The summed E-state index contributed by atoms with van der Waals surface area (Å²) in [6.07, 6.45) is 0.980. The Labute approximate surface area is 116 Å². The topological polar surface area (TPSA) is 88.1 Å². The first-order chi connectivity index (χ1) is 9.72. The lowest BCUT2D eigenvalue weighted by Crippen LogP contribution is -2.19. The lowest BCUT2D eigenvalue weighted by atomic mass is 10.1. The van der Waals surface area contributed by atoms with E-state index in [4.69, 9.17) is 15.2 Å². The minimum absolute atomic E-state index is 0.0873. The second kappa shape index (κ2) is 5.09. The maximum atomic E-state index is 5.94. The molecule has 20 heavy (non-hydrogen) atoms. The lowest BCUT2D eigenvalue weighted by Gasteiger charge is -2.17. The lowest BCUT2D eigenvalue weighted by molar-refractivity contribution is 0.105.